The van der Waals surface area contributed by atoms with Crippen molar-refractivity contribution in [2.45, 2.75) is 51.1 Å². The van der Waals surface area contributed by atoms with Crippen LogP contribution >= 0.6 is 11.8 Å². The van der Waals surface area contributed by atoms with E-state index in [0.29, 0.717) is 11.6 Å². The fourth-order valence-corrected chi connectivity index (χ4v) is 4.25. The highest BCUT2D eigenvalue weighted by atomic mass is 32.2. The van der Waals surface area contributed by atoms with Gasteiger partial charge in [-0.15, -0.1) is 0 Å². The van der Waals surface area contributed by atoms with Crippen LogP contribution in [0.5, 0.6) is 0 Å². The summed E-state index contributed by atoms with van der Waals surface area (Å²) in [5.41, 5.74) is 0.369. The number of amidine groups is 1. The van der Waals surface area contributed by atoms with Gasteiger partial charge in [-0.3, -0.25) is 4.99 Å². The van der Waals surface area contributed by atoms with E-state index < -0.39 is 0 Å². The Morgan fingerprint density at radius 3 is 2.72 bits per heavy atom. The summed E-state index contributed by atoms with van der Waals surface area (Å²) in [4.78, 5) is 7.01. The lowest BCUT2D eigenvalue weighted by molar-refractivity contribution is 0.250. The first-order chi connectivity index (χ1) is 8.49. The van der Waals surface area contributed by atoms with Crippen LogP contribution in [0.2, 0.25) is 0 Å². The van der Waals surface area contributed by atoms with Crippen molar-refractivity contribution >= 4 is 16.9 Å². The number of hydrogen-bond acceptors (Lipinski definition) is 3. The van der Waals surface area contributed by atoms with Crippen molar-refractivity contribution in [3.05, 3.63) is 0 Å². The van der Waals surface area contributed by atoms with Gasteiger partial charge in [0.25, 0.3) is 0 Å². The summed E-state index contributed by atoms with van der Waals surface area (Å²) in [7, 11) is 4.21. The lowest BCUT2D eigenvalue weighted by atomic mass is 9.78. The summed E-state index contributed by atoms with van der Waals surface area (Å²) >= 11 is 1.92. The molecule has 1 heterocycles. The summed E-state index contributed by atoms with van der Waals surface area (Å²) < 4.78 is 0. The zero-order valence-corrected chi connectivity index (χ0v) is 13.0. The average molecular weight is 269 g/mol. The first-order valence-electron chi connectivity index (χ1n) is 7.13. The molecule has 0 aromatic heterocycles. The molecule has 2 fully saturated rings. The van der Waals surface area contributed by atoms with E-state index in [9.17, 15) is 0 Å². The molecule has 1 aliphatic carbocycles. The summed E-state index contributed by atoms with van der Waals surface area (Å²) in [5.74, 6) is 2.13. The fourth-order valence-electron chi connectivity index (χ4n) is 2.93. The van der Waals surface area contributed by atoms with Gasteiger partial charge in [0.1, 0.15) is 0 Å². The van der Waals surface area contributed by atoms with Gasteiger partial charge in [-0.2, -0.15) is 0 Å². The number of thioether (sulfide) groups is 1. The van der Waals surface area contributed by atoms with Crippen LogP contribution in [-0.4, -0.2) is 48.0 Å². The van der Waals surface area contributed by atoms with E-state index in [0.717, 1.165) is 12.5 Å². The molecule has 0 aromatic carbocycles. The Hall–Kier alpha value is -0.220. The summed E-state index contributed by atoms with van der Waals surface area (Å²) in [6.07, 6.45) is 5.38. The van der Waals surface area contributed by atoms with E-state index in [1.54, 1.807) is 0 Å². The van der Waals surface area contributed by atoms with Crippen molar-refractivity contribution in [3.8, 4) is 0 Å². The van der Waals surface area contributed by atoms with Crippen LogP contribution in [0.1, 0.15) is 39.5 Å². The molecule has 4 heteroatoms. The zero-order chi connectivity index (χ0) is 13.2. The molecule has 1 N–H and O–H groups in total. The van der Waals surface area contributed by atoms with Crippen LogP contribution in [0.15, 0.2) is 4.99 Å². The van der Waals surface area contributed by atoms with E-state index in [-0.39, 0.29) is 0 Å². The number of likely N-dealkylation sites (N-methyl/N-ethyl adjacent to an activating group) is 1. The molecular formula is C14H27N3S. The van der Waals surface area contributed by atoms with Gasteiger partial charge in [0, 0.05) is 17.8 Å². The highest BCUT2D eigenvalue weighted by Gasteiger charge is 2.39. The first-order valence-corrected chi connectivity index (χ1v) is 8.11. The minimum absolute atomic E-state index is 0.369. The van der Waals surface area contributed by atoms with Crippen molar-refractivity contribution in [2.75, 3.05) is 26.4 Å². The summed E-state index contributed by atoms with van der Waals surface area (Å²) in [6.45, 7) is 5.60. The smallest absolute Gasteiger partial charge is 0.157 e. The van der Waals surface area contributed by atoms with Crippen molar-refractivity contribution in [2.24, 2.45) is 10.9 Å². The third kappa shape index (κ3) is 3.64. The van der Waals surface area contributed by atoms with Crippen molar-refractivity contribution in [1.82, 2.24) is 10.2 Å². The fraction of sp³-hybridized carbons (Fsp3) is 0.929. The quantitative estimate of drug-likeness (QED) is 0.853. The minimum atomic E-state index is 0.369. The van der Waals surface area contributed by atoms with E-state index in [1.807, 2.05) is 11.8 Å². The van der Waals surface area contributed by atoms with E-state index in [4.69, 9.17) is 4.99 Å². The normalized spacial score (nSPS) is 36.3. The van der Waals surface area contributed by atoms with Crippen LogP contribution < -0.4 is 5.32 Å². The second-order valence-corrected chi connectivity index (χ2v) is 7.39. The third-order valence-corrected chi connectivity index (χ3v) is 5.23. The molecule has 1 unspecified atom stereocenters. The van der Waals surface area contributed by atoms with Crippen LogP contribution in [-0.2, 0) is 0 Å². The molecule has 1 saturated carbocycles. The molecule has 104 valence electrons. The van der Waals surface area contributed by atoms with Crippen molar-refractivity contribution in [1.29, 1.82) is 0 Å². The zero-order valence-electron chi connectivity index (χ0n) is 12.2. The van der Waals surface area contributed by atoms with Crippen LogP contribution in [0.3, 0.4) is 0 Å². The second-order valence-electron chi connectivity index (χ2n) is 6.42. The molecule has 1 atom stereocenters. The largest absolute Gasteiger partial charge is 0.359 e. The van der Waals surface area contributed by atoms with Crippen molar-refractivity contribution < 1.29 is 0 Å². The van der Waals surface area contributed by atoms with Gasteiger partial charge in [0.2, 0.25) is 0 Å². The Balaban J connectivity index is 1.89. The molecule has 0 bridgehead atoms. The van der Waals surface area contributed by atoms with Crippen LogP contribution in [0, 0.1) is 5.92 Å². The maximum atomic E-state index is 4.81. The number of nitrogens with one attached hydrogen (secondary N) is 1. The monoisotopic (exact) mass is 269 g/mol. The molecule has 1 saturated heterocycles. The highest BCUT2D eigenvalue weighted by Crippen LogP contribution is 2.38. The standard InChI is InChI=1S/C14H27N3S/c1-11-5-7-14(8-6-11)10-18-13(16-14)15-12(2)9-17(3)4/h11-12H,5-10H2,1-4H3,(H,15,16). The second kappa shape index (κ2) is 5.83. The molecule has 2 aliphatic rings. The molecule has 1 aliphatic heterocycles. The van der Waals surface area contributed by atoms with E-state index in [1.165, 1.54) is 36.6 Å². The lowest BCUT2D eigenvalue weighted by Crippen LogP contribution is -2.46. The number of aliphatic imine (C=N–C) groups is 1. The number of nitrogens with zero attached hydrogens (tertiary/aromatic N) is 2. The lowest BCUT2D eigenvalue weighted by Gasteiger charge is -2.35. The Bertz CT molecular complexity index is 306. The average Bonchev–Trinajstić information content (AvgIpc) is 2.65. The Labute approximate surface area is 116 Å². The predicted molar refractivity (Wildman–Crippen MR) is 81.4 cm³/mol. The molecular weight excluding hydrogens is 242 g/mol. The van der Waals surface area contributed by atoms with Gasteiger partial charge >= 0.3 is 0 Å². The third-order valence-electron chi connectivity index (χ3n) is 4.06. The summed E-state index contributed by atoms with van der Waals surface area (Å²) in [5, 5.41) is 4.90. The molecule has 18 heavy (non-hydrogen) atoms. The van der Waals surface area contributed by atoms with Gasteiger partial charge < -0.3 is 10.2 Å². The van der Waals surface area contributed by atoms with Crippen molar-refractivity contribution in [3.63, 3.8) is 0 Å². The van der Waals surface area contributed by atoms with Gasteiger partial charge in [-0.05, 0) is 52.6 Å². The highest BCUT2D eigenvalue weighted by molar-refractivity contribution is 8.14. The molecule has 0 aromatic rings. The number of hydrogen-bond donors (Lipinski definition) is 1. The maximum absolute atomic E-state index is 4.81. The van der Waals surface area contributed by atoms with Gasteiger partial charge in [-0.25, -0.2) is 0 Å². The molecule has 3 nitrogen and oxygen atoms in total. The van der Waals surface area contributed by atoms with Gasteiger partial charge in [-0.1, -0.05) is 18.7 Å². The van der Waals surface area contributed by atoms with Crippen LogP contribution in [0.4, 0.5) is 0 Å². The molecule has 0 radical (unpaired) electrons. The minimum Gasteiger partial charge on any atom is -0.359 e. The molecule has 1 spiro atoms. The van der Waals surface area contributed by atoms with E-state index in [2.05, 4.69) is 38.2 Å². The Morgan fingerprint density at radius 1 is 1.44 bits per heavy atom. The first kappa shape index (κ1) is 14.2. The number of rotatable bonds is 3. The topological polar surface area (TPSA) is 27.6 Å². The van der Waals surface area contributed by atoms with Gasteiger partial charge in [0.05, 0.1) is 6.04 Å². The van der Waals surface area contributed by atoms with Gasteiger partial charge in [0.15, 0.2) is 5.17 Å². The Kier molecular flexibility index (Phi) is 4.59. The predicted octanol–water partition coefficient (Wildman–Crippen LogP) is 2.58. The molecule has 0 amide bonds. The van der Waals surface area contributed by atoms with E-state index >= 15 is 0 Å². The Morgan fingerprint density at radius 2 is 2.11 bits per heavy atom. The van der Waals surface area contributed by atoms with Crippen LogP contribution in [0.25, 0.3) is 0 Å². The maximum Gasteiger partial charge on any atom is 0.157 e. The molecule has 2 rings (SSSR count). The SMILES string of the molecule is CC1CCC2(CC1)CSC(=NC(C)CN(C)C)N2. The summed E-state index contributed by atoms with van der Waals surface area (Å²) in [6, 6.07) is 0.382.